The van der Waals surface area contributed by atoms with Crippen molar-refractivity contribution in [3.63, 3.8) is 0 Å². The van der Waals surface area contributed by atoms with E-state index in [4.69, 9.17) is 0 Å². The zero-order valence-corrected chi connectivity index (χ0v) is 40.8. The number of hydrogen-bond donors (Lipinski definition) is 0. The van der Waals surface area contributed by atoms with E-state index in [9.17, 15) is 0 Å². The summed E-state index contributed by atoms with van der Waals surface area (Å²) in [5.74, 6) is 0.802. The van der Waals surface area contributed by atoms with Crippen molar-refractivity contribution in [2.75, 3.05) is 0 Å². The smallest absolute Gasteiger partial charge is 0.0155 e. The van der Waals surface area contributed by atoms with Gasteiger partial charge in [-0.15, -0.1) is 0 Å². The number of rotatable bonds is 0. The van der Waals surface area contributed by atoms with Crippen molar-refractivity contribution in [2.45, 2.75) is 148 Å². The lowest BCUT2D eigenvalue weighted by Gasteiger charge is -2.15. The Morgan fingerprint density at radius 2 is 0.850 bits per heavy atom. The van der Waals surface area contributed by atoms with Crippen LogP contribution < -0.4 is 0 Å². The highest BCUT2D eigenvalue weighted by molar-refractivity contribution is 5.85. The molecule has 0 aliphatic heterocycles. The summed E-state index contributed by atoms with van der Waals surface area (Å²) in [6.07, 6.45) is 8.01. The Balaban J connectivity index is 0.000000692. The van der Waals surface area contributed by atoms with Crippen molar-refractivity contribution in [2.24, 2.45) is 0 Å². The Morgan fingerprint density at radius 1 is 0.350 bits per heavy atom. The first-order chi connectivity index (χ1) is 29.4. The highest BCUT2D eigenvalue weighted by Gasteiger charge is 2.16. The van der Waals surface area contributed by atoms with Crippen molar-refractivity contribution < 1.29 is 0 Å². The molecule has 324 valence electrons. The predicted octanol–water partition coefficient (Wildman–Crippen LogP) is 19.0. The molecule has 0 N–H and O–H groups in total. The van der Waals surface area contributed by atoms with Crippen molar-refractivity contribution in [3.8, 4) is 0 Å². The maximum atomic E-state index is 2.34. The fourth-order valence-corrected chi connectivity index (χ4v) is 6.86. The van der Waals surface area contributed by atoms with Gasteiger partial charge in [-0.25, -0.2) is 0 Å². The van der Waals surface area contributed by atoms with Gasteiger partial charge in [0.15, 0.2) is 0 Å². The third-order valence-electron chi connectivity index (χ3n) is 9.79. The van der Waals surface area contributed by atoms with Gasteiger partial charge < -0.3 is 0 Å². The fourth-order valence-electron chi connectivity index (χ4n) is 6.86. The summed E-state index contributed by atoms with van der Waals surface area (Å²) in [6, 6.07) is 55.6. The summed E-state index contributed by atoms with van der Waals surface area (Å²) in [5.41, 5.74) is 11.7. The van der Waals surface area contributed by atoms with E-state index in [1.54, 1.807) is 22.3 Å². The lowest BCUT2D eigenvalue weighted by molar-refractivity contribution is 0.685. The first-order valence-corrected chi connectivity index (χ1v) is 23.4. The molecular formula is C60H84. The van der Waals surface area contributed by atoms with Crippen LogP contribution in [0.5, 0.6) is 0 Å². The topological polar surface area (TPSA) is 0 Å². The van der Waals surface area contributed by atoms with E-state index in [-0.39, 0.29) is 0 Å². The molecule has 9 rings (SSSR count). The molecule has 2 aliphatic carbocycles. The summed E-state index contributed by atoms with van der Waals surface area (Å²) in [5, 5.41) is 5.33. The van der Waals surface area contributed by atoms with Gasteiger partial charge in [0.05, 0.1) is 0 Å². The molecule has 1 atom stereocenters. The van der Waals surface area contributed by atoms with Gasteiger partial charge in [-0.1, -0.05) is 251 Å². The minimum absolute atomic E-state index is 0.802. The average molecular weight is 805 g/mol. The highest BCUT2D eigenvalue weighted by atomic mass is 14.2. The van der Waals surface area contributed by atoms with Gasteiger partial charge in [-0.3, -0.25) is 0 Å². The molecule has 0 bridgehead atoms. The Morgan fingerprint density at radius 3 is 1.45 bits per heavy atom. The number of fused-ring (bicyclic) bond motifs is 4. The zero-order valence-electron chi connectivity index (χ0n) is 40.8. The second-order valence-electron chi connectivity index (χ2n) is 13.9. The normalized spacial score (nSPS) is 12.0. The maximum absolute atomic E-state index is 2.34. The molecule has 1 unspecified atom stereocenters. The quantitative estimate of drug-likeness (QED) is 0.143. The average Bonchev–Trinajstić information content (AvgIpc) is 3.71. The summed E-state index contributed by atoms with van der Waals surface area (Å²) in [6.45, 7) is 30.8. The van der Waals surface area contributed by atoms with Crippen molar-refractivity contribution >= 4 is 21.5 Å². The van der Waals surface area contributed by atoms with E-state index in [0.717, 1.165) is 5.92 Å². The first-order valence-electron chi connectivity index (χ1n) is 23.4. The van der Waals surface area contributed by atoms with Crippen LogP contribution in [-0.4, -0.2) is 0 Å². The van der Waals surface area contributed by atoms with Crippen LogP contribution >= 0.6 is 0 Å². The molecule has 0 fully saturated rings. The predicted molar refractivity (Wildman–Crippen MR) is 276 cm³/mol. The molecule has 7 aromatic carbocycles. The van der Waals surface area contributed by atoms with Crippen LogP contribution in [0.4, 0.5) is 0 Å². The van der Waals surface area contributed by atoms with Gasteiger partial charge in [0.25, 0.3) is 0 Å². The molecule has 0 saturated heterocycles. The summed E-state index contributed by atoms with van der Waals surface area (Å²) in [4.78, 5) is 0. The number of benzene rings is 7. The van der Waals surface area contributed by atoms with Crippen LogP contribution in [-0.2, 0) is 19.3 Å². The monoisotopic (exact) mass is 805 g/mol. The number of aryl methyl sites for hydroxylation is 7. The highest BCUT2D eigenvalue weighted by Crippen LogP contribution is 2.31. The molecule has 0 nitrogen and oxygen atoms in total. The fraction of sp³-hybridized carbons (Fsp3) is 0.367. The maximum Gasteiger partial charge on any atom is -0.0155 e. The largest absolute Gasteiger partial charge is 0.0683 e. The van der Waals surface area contributed by atoms with Crippen LogP contribution in [0.25, 0.3) is 21.5 Å². The Kier molecular flexibility index (Phi) is 32.0. The molecule has 60 heavy (non-hydrogen) atoms. The van der Waals surface area contributed by atoms with Crippen molar-refractivity contribution in [3.05, 3.63) is 202 Å². The third-order valence-corrected chi connectivity index (χ3v) is 9.79. The minimum atomic E-state index is 0.802. The van der Waals surface area contributed by atoms with Gasteiger partial charge >= 0.3 is 0 Å². The first kappa shape index (κ1) is 55.1. The number of hydrogen-bond acceptors (Lipinski definition) is 0. The van der Waals surface area contributed by atoms with Crippen LogP contribution in [0, 0.1) is 27.7 Å². The van der Waals surface area contributed by atoms with Gasteiger partial charge in [-0.05, 0) is 121 Å². The minimum Gasteiger partial charge on any atom is -0.0683 e. The van der Waals surface area contributed by atoms with Crippen LogP contribution in [0.15, 0.2) is 158 Å². The Bertz CT molecular complexity index is 2050. The molecule has 0 spiro atoms. The van der Waals surface area contributed by atoms with E-state index < -0.39 is 0 Å². The second kappa shape index (κ2) is 34.9. The van der Waals surface area contributed by atoms with Gasteiger partial charge in [0, 0.05) is 0 Å². The SMILES string of the molecule is CC.CC.CC.CC.CC.CC1CCc2ccccc21.Cc1ccc2c(c1)CCCC2.Cc1ccc2ccccc2c1.Cc1cccc2ccccc12.Cc1ccccc1. The molecule has 0 heterocycles. The lowest BCUT2D eigenvalue weighted by atomic mass is 9.91. The van der Waals surface area contributed by atoms with E-state index in [1.807, 2.05) is 87.4 Å². The van der Waals surface area contributed by atoms with Gasteiger partial charge in [0.1, 0.15) is 0 Å². The van der Waals surface area contributed by atoms with E-state index in [2.05, 4.69) is 174 Å². The molecule has 0 heteroatoms. The van der Waals surface area contributed by atoms with Crippen LogP contribution in [0.2, 0.25) is 0 Å². The third kappa shape index (κ3) is 20.4. The van der Waals surface area contributed by atoms with Crippen LogP contribution in [0.1, 0.15) is 146 Å². The summed E-state index contributed by atoms with van der Waals surface area (Å²) < 4.78 is 0. The molecule has 0 radical (unpaired) electrons. The lowest BCUT2D eigenvalue weighted by Crippen LogP contribution is -2.01. The standard InChI is InChI=1S/C11H10.C11H14.C11H10.C10H12.C7H8.5C2H6/c1-9-5-4-7-10-6-2-3-8-11(9)10;2*1-9-6-7-10-4-2-3-5-11(10)8-9;1-8-6-7-9-4-2-3-5-10(8)9;1-7-5-3-2-4-6-7;5*1-2/h2-8H,1H3;6-8H,2-5H2,1H3;2-8H,1H3;2-5,8H,6-7H2,1H3;2-6H,1H3;5*1-2H3. The summed E-state index contributed by atoms with van der Waals surface area (Å²) >= 11 is 0. The molecule has 2 aliphatic rings. The van der Waals surface area contributed by atoms with E-state index in [0.29, 0.717) is 0 Å². The Hall–Kier alpha value is -4.94. The zero-order chi connectivity index (χ0) is 45.1. The Labute approximate surface area is 370 Å². The summed E-state index contributed by atoms with van der Waals surface area (Å²) in [7, 11) is 0. The van der Waals surface area contributed by atoms with Gasteiger partial charge in [0.2, 0.25) is 0 Å². The molecule has 7 aromatic rings. The van der Waals surface area contributed by atoms with Gasteiger partial charge in [-0.2, -0.15) is 0 Å². The van der Waals surface area contributed by atoms with Crippen molar-refractivity contribution in [1.82, 2.24) is 0 Å². The second-order valence-corrected chi connectivity index (χ2v) is 13.9. The molecule has 0 saturated carbocycles. The van der Waals surface area contributed by atoms with Crippen LogP contribution in [0.3, 0.4) is 0 Å². The molecule has 0 amide bonds. The molecular weight excluding hydrogens is 721 g/mol. The van der Waals surface area contributed by atoms with E-state index in [1.165, 1.54) is 82.3 Å². The van der Waals surface area contributed by atoms with Crippen molar-refractivity contribution in [1.29, 1.82) is 0 Å². The van der Waals surface area contributed by atoms with E-state index >= 15 is 0 Å². The molecule has 0 aromatic heterocycles.